The molecule has 1 saturated carbocycles. The zero-order chi connectivity index (χ0) is 17.6. The second-order valence-corrected chi connectivity index (χ2v) is 7.02. The lowest BCUT2D eigenvalue weighted by molar-refractivity contribution is -0.132. The van der Waals surface area contributed by atoms with Gasteiger partial charge in [0, 0.05) is 50.9 Å². The lowest BCUT2D eigenvalue weighted by Crippen LogP contribution is -2.36. The Morgan fingerprint density at radius 3 is 2.84 bits per heavy atom. The van der Waals surface area contributed by atoms with Gasteiger partial charge in [-0.25, -0.2) is 4.98 Å². The summed E-state index contributed by atoms with van der Waals surface area (Å²) in [5.41, 5.74) is 1.40. The van der Waals surface area contributed by atoms with E-state index in [1.807, 2.05) is 27.6 Å². The molecule has 3 heterocycles. The predicted octanol–water partition coefficient (Wildman–Crippen LogP) is 0.493. The molecule has 2 aliphatic rings. The van der Waals surface area contributed by atoms with E-state index in [0.717, 1.165) is 5.52 Å². The van der Waals surface area contributed by atoms with Gasteiger partial charge in [0.15, 0.2) is 0 Å². The molecule has 4 rings (SSSR count). The van der Waals surface area contributed by atoms with Crippen LogP contribution in [0.5, 0.6) is 0 Å². The molecular formula is C18H22N4O3. The van der Waals surface area contributed by atoms with Crippen LogP contribution in [0.2, 0.25) is 0 Å². The number of fused-ring (bicyclic) bond motifs is 2. The summed E-state index contributed by atoms with van der Waals surface area (Å²) in [7, 11) is 1.78. The van der Waals surface area contributed by atoms with E-state index in [2.05, 4.69) is 4.98 Å². The number of rotatable bonds is 5. The number of hydrogen-bond donors (Lipinski definition) is 1. The topological polar surface area (TPSA) is 78.2 Å². The Hall–Kier alpha value is -2.41. The highest BCUT2D eigenvalue weighted by Gasteiger charge is 2.60. The minimum Gasteiger partial charge on any atom is -0.396 e. The average Bonchev–Trinajstić information content (AvgIpc) is 2.99. The number of aliphatic hydroxyl groups excluding tert-OH is 1. The van der Waals surface area contributed by atoms with Gasteiger partial charge in [-0.2, -0.15) is 0 Å². The summed E-state index contributed by atoms with van der Waals surface area (Å²) < 4.78 is 1.87. The first-order valence-electron chi connectivity index (χ1n) is 8.68. The van der Waals surface area contributed by atoms with Crippen molar-refractivity contribution in [2.75, 3.05) is 33.3 Å². The largest absolute Gasteiger partial charge is 0.396 e. The first-order valence-corrected chi connectivity index (χ1v) is 8.68. The fourth-order valence-electron chi connectivity index (χ4n) is 3.95. The molecule has 0 spiro atoms. The van der Waals surface area contributed by atoms with E-state index in [1.165, 1.54) is 0 Å². The maximum Gasteiger partial charge on any atom is 0.272 e. The van der Waals surface area contributed by atoms with Crippen LogP contribution in [-0.4, -0.2) is 69.4 Å². The van der Waals surface area contributed by atoms with Crippen LogP contribution in [0.1, 0.15) is 16.9 Å². The van der Waals surface area contributed by atoms with Crippen LogP contribution in [0.4, 0.5) is 0 Å². The van der Waals surface area contributed by atoms with Crippen molar-refractivity contribution in [3.8, 4) is 0 Å². The summed E-state index contributed by atoms with van der Waals surface area (Å²) >= 11 is 0. The molecule has 1 aliphatic carbocycles. The minimum atomic E-state index is -0.0595. The van der Waals surface area contributed by atoms with Crippen molar-refractivity contribution >= 4 is 17.3 Å². The molecule has 1 saturated heterocycles. The van der Waals surface area contributed by atoms with E-state index >= 15 is 0 Å². The first kappa shape index (κ1) is 16.1. The maximum atomic E-state index is 12.7. The van der Waals surface area contributed by atoms with Crippen LogP contribution in [0, 0.1) is 17.8 Å². The highest BCUT2D eigenvalue weighted by Crippen LogP contribution is 2.52. The van der Waals surface area contributed by atoms with Crippen LogP contribution in [0.3, 0.4) is 0 Å². The predicted molar refractivity (Wildman–Crippen MR) is 90.9 cm³/mol. The molecule has 1 aliphatic heterocycles. The van der Waals surface area contributed by atoms with E-state index in [4.69, 9.17) is 5.11 Å². The zero-order valence-electron chi connectivity index (χ0n) is 14.2. The second-order valence-electron chi connectivity index (χ2n) is 7.02. The van der Waals surface area contributed by atoms with Gasteiger partial charge in [0.2, 0.25) is 5.91 Å². The number of amides is 2. The van der Waals surface area contributed by atoms with Crippen molar-refractivity contribution in [1.29, 1.82) is 0 Å². The summed E-state index contributed by atoms with van der Waals surface area (Å²) in [5.74, 6) is 0.656. The molecule has 2 aromatic rings. The molecular weight excluding hydrogens is 320 g/mol. The number of hydrogen-bond acceptors (Lipinski definition) is 4. The molecule has 25 heavy (non-hydrogen) atoms. The molecule has 1 N–H and O–H groups in total. The van der Waals surface area contributed by atoms with E-state index in [9.17, 15) is 9.59 Å². The normalized spacial score (nSPS) is 24.4. The molecule has 0 bridgehead atoms. The molecule has 132 valence electrons. The van der Waals surface area contributed by atoms with Gasteiger partial charge >= 0.3 is 0 Å². The fraction of sp³-hybridized carbons (Fsp3) is 0.500. The average molecular weight is 342 g/mol. The smallest absolute Gasteiger partial charge is 0.272 e. The van der Waals surface area contributed by atoms with Crippen LogP contribution in [0.25, 0.3) is 5.52 Å². The summed E-state index contributed by atoms with van der Waals surface area (Å²) in [6.07, 6.45) is 4.15. The Kier molecular flexibility index (Phi) is 3.95. The SMILES string of the molecule is CN(CCCO)C(=O)C1[C@H]2CN(C(=O)c3cc4cccn4cn3)C[C@@H]12. The Morgan fingerprint density at radius 1 is 1.36 bits per heavy atom. The van der Waals surface area contributed by atoms with Gasteiger partial charge < -0.3 is 19.3 Å². The Labute approximate surface area is 145 Å². The van der Waals surface area contributed by atoms with Crippen LogP contribution in [0.15, 0.2) is 30.7 Å². The van der Waals surface area contributed by atoms with Gasteiger partial charge in [0.25, 0.3) is 5.91 Å². The Bertz CT molecular complexity index is 806. The molecule has 2 amide bonds. The van der Waals surface area contributed by atoms with Gasteiger partial charge in [0.05, 0.1) is 6.33 Å². The van der Waals surface area contributed by atoms with Crippen molar-refractivity contribution in [3.63, 3.8) is 0 Å². The number of nitrogens with zero attached hydrogens (tertiary/aromatic N) is 4. The Balaban J connectivity index is 1.37. The van der Waals surface area contributed by atoms with E-state index < -0.39 is 0 Å². The van der Waals surface area contributed by atoms with Gasteiger partial charge in [0.1, 0.15) is 5.69 Å². The Morgan fingerprint density at radius 2 is 2.12 bits per heavy atom. The van der Waals surface area contributed by atoms with E-state index in [1.54, 1.807) is 24.3 Å². The lowest BCUT2D eigenvalue weighted by Gasteiger charge is -2.22. The van der Waals surface area contributed by atoms with Crippen LogP contribution >= 0.6 is 0 Å². The number of likely N-dealkylation sites (tertiary alicyclic amines) is 1. The highest BCUT2D eigenvalue weighted by atomic mass is 16.3. The third kappa shape index (κ3) is 2.78. The van der Waals surface area contributed by atoms with Crippen molar-refractivity contribution in [3.05, 3.63) is 36.4 Å². The van der Waals surface area contributed by atoms with E-state index in [0.29, 0.717) is 31.7 Å². The monoisotopic (exact) mass is 342 g/mol. The summed E-state index contributed by atoms with van der Waals surface area (Å²) in [6, 6.07) is 5.66. The van der Waals surface area contributed by atoms with Crippen LogP contribution in [-0.2, 0) is 4.79 Å². The molecule has 1 unspecified atom stereocenters. The van der Waals surface area contributed by atoms with Gasteiger partial charge in [-0.15, -0.1) is 0 Å². The molecule has 2 aromatic heterocycles. The van der Waals surface area contributed by atoms with Crippen molar-refractivity contribution in [2.24, 2.45) is 17.8 Å². The minimum absolute atomic E-state index is 0.0359. The number of carbonyl (C=O) groups is 2. The van der Waals surface area contributed by atoms with Gasteiger partial charge in [-0.05, 0) is 36.5 Å². The summed E-state index contributed by atoms with van der Waals surface area (Å²) in [6.45, 7) is 1.93. The molecule has 3 atom stereocenters. The third-order valence-corrected chi connectivity index (χ3v) is 5.43. The molecule has 0 radical (unpaired) electrons. The quantitative estimate of drug-likeness (QED) is 0.858. The highest BCUT2D eigenvalue weighted by molar-refractivity contribution is 5.94. The summed E-state index contributed by atoms with van der Waals surface area (Å²) in [4.78, 5) is 32.8. The number of piperidine rings is 1. The van der Waals surface area contributed by atoms with Crippen molar-refractivity contribution < 1.29 is 14.7 Å². The molecule has 7 nitrogen and oxygen atoms in total. The molecule has 2 fully saturated rings. The standard InChI is InChI=1S/C18H22N4O3/c1-20(5-3-7-23)18(25)16-13-9-22(10-14(13)16)17(24)15-8-12-4-2-6-21(12)11-19-15/h2,4,6,8,11,13-14,16,23H,3,5,7,9-10H2,1H3/t13-,14+,16?. The number of aliphatic hydroxyl groups is 1. The molecule has 7 heteroatoms. The maximum absolute atomic E-state index is 12.7. The lowest BCUT2D eigenvalue weighted by atomic mass is 10.2. The van der Waals surface area contributed by atoms with Gasteiger partial charge in [-0.3, -0.25) is 9.59 Å². The second kappa shape index (κ2) is 6.15. The first-order chi connectivity index (χ1) is 12.1. The zero-order valence-corrected chi connectivity index (χ0v) is 14.2. The van der Waals surface area contributed by atoms with Crippen LogP contribution < -0.4 is 0 Å². The number of aromatic nitrogens is 2. The third-order valence-electron chi connectivity index (χ3n) is 5.43. The molecule has 0 aromatic carbocycles. The van der Waals surface area contributed by atoms with Crippen molar-refractivity contribution in [2.45, 2.75) is 6.42 Å². The fourth-order valence-corrected chi connectivity index (χ4v) is 3.95. The van der Waals surface area contributed by atoms with Crippen molar-refractivity contribution in [1.82, 2.24) is 19.2 Å². The van der Waals surface area contributed by atoms with Gasteiger partial charge in [-0.1, -0.05) is 0 Å². The number of carbonyl (C=O) groups excluding carboxylic acids is 2. The van der Waals surface area contributed by atoms with E-state index in [-0.39, 0.29) is 36.2 Å². The summed E-state index contributed by atoms with van der Waals surface area (Å²) in [5, 5.41) is 8.88.